The molecule has 0 saturated carbocycles. The van der Waals surface area contributed by atoms with Gasteiger partial charge in [0.2, 0.25) is 0 Å². The van der Waals surface area contributed by atoms with Gasteiger partial charge >= 0.3 is 0 Å². The molecule has 1 nitrogen and oxygen atoms in total. The van der Waals surface area contributed by atoms with E-state index >= 15 is 0 Å². The van der Waals surface area contributed by atoms with Crippen LogP contribution in [0.25, 0.3) is 0 Å². The molecule has 1 N–H and O–H groups in total. The van der Waals surface area contributed by atoms with E-state index in [4.69, 9.17) is 5.11 Å². The molecule has 0 aliphatic heterocycles. The fourth-order valence-electron chi connectivity index (χ4n) is 0.0325. The molecular weight excluding hydrogens is 422 g/mol. The molecule has 0 fully saturated rings. The quantitative estimate of drug-likeness (QED) is 0.498. The van der Waals surface area contributed by atoms with Crippen LogP contribution in [-0.2, 0) is 0 Å². The molecule has 0 bridgehead atoms. The van der Waals surface area contributed by atoms with E-state index in [2.05, 4.69) is 0 Å². The average molecular weight is 426 g/mol. The fraction of sp³-hybridized carbons (Fsp3) is 0. The van der Waals surface area contributed by atoms with Crippen molar-refractivity contribution in [2.45, 2.75) is 0 Å². The molecule has 0 aliphatic rings. The van der Waals surface area contributed by atoms with Crippen LogP contribution < -0.4 is 0 Å². The molecule has 0 heterocycles. The van der Waals surface area contributed by atoms with E-state index < -0.39 is 0 Å². The van der Waals surface area contributed by atoms with Crippen LogP contribution in [0.2, 0.25) is 0 Å². The van der Waals surface area contributed by atoms with Crippen LogP contribution in [0.5, 0.6) is 0 Å². The van der Waals surface area contributed by atoms with Gasteiger partial charge in [-0.1, -0.05) is 0 Å². The molecule has 0 aromatic heterocycles. The van der Waals surface area contributed by atoms with Gasteiger partial charge in [0, 0.05) is 14.3 Å². The first kappa shape index (κ1) is 9.85. The van der Waals surface area contributed by atoms with Gasteiger partial charge in [-0.05, 0) is 0 Å². The van der Waals surface area contributed by atoms with Crippen molar-refractivity contribution in [2.75, 3.05) is 0 Å². The number of hydrogen-bond acceptors (Lipinski definition) is 1. The van der Waals surface area contributed by atoms with E-state index in [1.807, 2.05) is 22.6 Å². The predicted octanol–water partition coefficient (Wildman–Crippen LogP) is 1.47. The van der Waals surface area contributed by atoms with Gasteiger partial charge in [0.15, 0.2) is 0 Å². The van der Waals surface area contributed by atoms with E-state index in [0.717, 1.165) is 6.61 Å². The topological polar surface area (TPSA) is 20.2 Å². The Hall–Kier alpha value is 0.690. The third-order valence-electron chi connectivity index (χ3n) is 0.159. The number of hydrogen-bond donors (Lipinski definition) is 1. The smallest absolute Gasteiger partial charge is 0 e. The molecule has 0 rings (SSSR count). The average Bonchev–Trinajstić information content (AvgIpc) is 1.41. The van der Waals surface area contributed by atoms with Crippen molar-refractivity contribution in [3.05, 3.63) is 16.8 Å². The summed E-state index contributed by atoms with van der Waals surface area (Å²) >= 11 is 2.02. The largest absolute Gasteiger partial charge is 0.458 e. The van der Waals surface area contributed by atoms with Crippen molar-refractivity contribution in [1.82, 2.24) is 0 Å². The van der Waals surface area contributed by atoms with Gasteiger partial charge in [0.25, 0.3) is 0 Å². The second kappa shape index (κ2) is 9.19. The second-order valence-electron chi connectivity index (χ2n) is 0.468. The zero-order valence-electron chi connectivity index (χ0n) is 2.94. The molecule has 3 heteroatoms. The van der Waals surface area contributed by atoms with Gasteiger partial charge < -0.3 is 5.11 Å². The summed E-state index contributed by atoms with van der Waals surface area (Å²) in [6, 6.07) is 0. The molecule has 0 aromatic carbocycles. The maximum absolute atomic E-state index is 7.85. The minimum atomic E-state index is 0. The molecule has 1 radical (unpaired) electrons. The van der Waals surface area contributed by atoms with Crippen molar-refractivity contribution < 1.29 is 19.4 Å². The van der Waals surface area contributed by atoms with Crippen LogP contribution in [-0.4, -0.2) is 5.11 Å². The van der Waals surface area contributed by atoms with Gasteiger partial charge in [-0.15, -0.1) is 6.61 Å². The first-order chi connectivity index (χ1) is 2.41. The van der Waals surface area contributed by atoms with Crippen molar-refractivity contribution in [3.8, 4) is 0 Å². The van der Waals surface area contributed by atoms with Crippen molar-refractivity contribution in [3.63, 3.8) is 0 Å². The van der Waals surface area contributed by atoms with E-state index in [1.54, 1.807) is 10.2 Å². The monoisotopic (exact) mass is 424 g/mol. The van der Waals surface area contributed by atoms with Crippen molar-refractivity contribution in [2.24, 2.45) is 0 Å². The third-order valence-corrected chi connectivity index (χ3v) is 0.574. The summed E-state index contributed by atoms with van der Waals surface area (Å²) in [5.41, 5.74) is 0. The van der Waals surface area contributed by atoms with Crippen LogP contribution in [0.4, 0.5) is 0 Å². The Morgan fingerprint density at radius 1 is 1.67 bits per heavy atom. The molecule has 0 aliphatic carbocycles. The molecule has 37 valence electrons. The number of aliphatic hydroxyl groups is 1. The van der Waals surface area contributed by atoms with E-state index in [0.29, 0.717) is 0 Å². The molecule has 6 heavy (non-hydrogen) atoms. The van der Waals surface area contributed by atoms with Crippen LogP contribution in [0.15, 0.2) is 10.2 Å². The molecule has 0 aromatic rings. The number of halogens is 1. The van der Waals surface area contributed by atoms with Crippen LogP contribution >= 0.6 is 22.6 Å². The second-order valence-corrected chi connectivity index (χ2v) is 1.19. The predicted molar refractivity (Wildman–Crippen MR) is 29.4 cm³/mol. The summed E-state index contributed by atoms with van der Waals surface area (Å²) < 4.78 is 1.72. The van der Waals surface area contributed by atoms with E-state index in [-0.39, 0.29) is 14.3 Å². The Morgan fingerprint density at radius 2 is 2.17 bits per heavy atom. The van der Waals surface area contributed by atoms with Gasteiger partial charge in [-0.25, -0.2) is 0 Å². The molecule has 0 amide bonds. The first-order valence-electron chi connectivity index (χ1n) is 1.14. The standard InChI is InChI=1S/C3H4IO.Am/c4-2-1-3-5;/h1-3,5H;/q-1;/b2-1+;. The van der Waals surface area contributed by atoms with Crippen LogP contribution in [0, 0.1) is 20.9 Å². The Kier molecular flexibility index (Phi) is 15.1. The summed E-state index contributed by atoms with van der Waals surface area (Å²) in [5.74, 6) is 0. The molecule has 0 spiro atoms. The summed E-state index contributed by atoms with van der Waals surface area (Å²) in [6.07, 6.45) is 1.54. The Bertz CT molecular complexity index is 37.8. The maximum Gasteiger partial charge on any atom is 0 e. The SMILES string of the molecule is O[CH-]/C=C/I.[Am]. The zero-order chi connectivity index (χ0) is 4.12. The summed E-state index contributed by atoms with van der Waals surface area (Å²) in [4.78, 5) is 0. The van der Waals surface area contributed by atoms with Crippen molar-refractivity contribution in [1.29, 1.82) is 0 Å². The third kappa shape index (κ3) is 8.83. The molecular formula is C3H4AmIO-. The molecule has 0 atom stereocenters. The normalized spacial score (nSPS) is 7.67. The number of aliphatic hydroxyl groups excluding tert-OH is 1. The summed E-state index contributed by atoms with van der Waals surface area (Å²) in [5, 5.41) is 7.85. The van der Waals surface area contributed by atoms with E-state index in [1.165, 1.54) is 0 Å². The zero-order valence-corrected chi connectivity index (χ0v) is 8.24. The Balaban J connectivity index is 0. The maximum atomic E-state index is 7.85. The fourth-order valence-corrected chi connectivity index (χ4v) is 0.218. The minimum Gasteiger partial charge on any atom is -0.458 e. The van der Waals surface area contributed by atoms with Crippen LogP contribution in [0.1, 0.15) is 0 Å². The summed E-state index contributed by atoms with van der Waals surface area (Å²) in [6.45, 7) is 0.992. The first-order valence-corrected chi connectivity index (χ1v) is 2.39. The van der Waals surface area contributed by atoms with Gasteiger partial charge in [-0.2, -0.15) is 32.7 Å². The summed E-state index contributed by atoms with van der Waals surface area (Å²) in [7, 11) is 0. The Morgan fingerprint density at radius 3 is 2.17 bits per heavy atom. The van der Waals surface area contributed by atoms with Crippen molar-refractivity contribution >= 4 is 22.6 Å². The van der Waals surface area contributed by atoms with Gasteiger partial charge in [-0.3, -0.25) is 0 Å². The van der Waals surface area contributed by atoms with Gasteiger partial charge in [0.05, 0.1) is 0 Å². The van der Waals surface area contributed by atoms with Gasteiger partial charge in [0.1, 0.15) is 0 Å². The Labute approximate surface area is 58.8 Å². The molecule has 0 saturated heterocycles. The minimum absolute atomic E-state index is 0. The van der Waals surface area contributed by atoms with E-state index in [9.17, 15) is 0 Å². The van der Waals surface area contributed by atoms with Crippen LogP contribution in [0.3, 0.4) is 0 Å². The molecule has 0 unspecified atom stereocenters. The number of rotatable bonds is 1.